The largest absolute Gasteiger partial charge is 0.466 e. The van der Waals surface area contributed by atoms with Crippen LogP contribution >= 0.6 is 0 Å². The Morgan fingerprint density at radius 3 is 2.50 bits per heavy atom. The zero-order chi connectivity index (χ0) is 13.5. The minimum atomic E-state index is 0.00883. The molecule has 3 nitrogen and oxygen atoms in total. The van der Waals surface area contributed by atoms with E-state index in [-0.39, 0.29) is 11.9 Å². The molecule has 106 valence electrons. The highest BCUT2D eigenvalue weighted by Gasteiger charge is 2.46. The third-order valence-electron chi connectivity index (χ3n) is 4.09. The smallest absolute Gasteiger partial charge is 0.310 e. The first-order valence-corrected chi connectivity index (χ1v) is 7.56. The van der Waals surface area contributed by atoms with E-state index in [0.29, 0.717) is 18.6 Å². The first kappa shape index (κ1) is 15.5. The number of ether oxygens (including phenoxy) is 1. The van der Waals surface area contributed by atoms with Crippen molar-refractivity contribution in [1.82, 2.24) is 4.90 Å². The zero-order valence-electron chi connectivity index (χ0n) is 12.4. The Labute approximate surface area is 112 Å². The normalized spacial score (nSPS) is 27.1. The Balaban J connectivity index is 2.50. The first-order valence-electron chi connectivity index (χ1n) is 7.56. The Kier molecular flexibility index (Phi) is 6.69. The topological polar surface area (TPSA) is 29.5 Å². The van der Waals surface area contributed by atoms with Gasteiger partial charge in [0.1, 0.15) is 0 Å². The lowest BCUT2D eigenvalue weighted by atomic mass is 9.69. The zero-order valence-corrected chi connectivity index (χ0v) is 12.4. The van der Waals surface area contributed by atoms with E-state index in [1.165, 1.54) is 19.3 Å². The lowest BCUT2D eigenvalue weighted by molar-refractivity contribution is -0.158. The summed E-state index contributed by atoms with van der Waals surface area (Å²) in [4.78, 5) is 14.4. The molecule has 0 aromatic carbocycles. The van der Waals surface area contributed by atoms with Crippen LogP contribution in [-0.2, 0) is 9.53 Å². The van der Waals surface area contributed by atoms with Crippen LogP contribution in [0.1, 0.15) is 53.4 Å². The predicted molar refractivity (Wildman–Crippen MR) is 74.5 cm³/mol. The minimum Gasteiger partial charge on any atom is -0.466 e. The van der Waals surface area contributed by atoms with Crippen LogP contribution in [0.4, 0.5) is 0 Å². The number of esters is 1. The standard InChI is InChI=1S/C15H29NO2/c1-5-8-9-10-16(6-2)14-12(4)11-13(14)15(17)18-7-3/h12-14H,5-11H2,1-4H3. The Morgan fingerprint density at radius 2 is 2.00 bits per heavy atom. The van der Waals surface area contributed by atoms with Crippen LogP contribution in [0.3, 0.4) is 0 Å². The van der Waals surface area contributed by atoms with Crippen LogP contribution in [-0.4, -0.2) is 36.6 Å². The van der Waals surface area contributed by atoms with Gasteiger partial charge in [-0.3, -0.25) is 9.69 Å². The molecule has 1 saturated carbocycles. The summed E-state index contributed by atoms with van der Waals surface area (Å²) in [5.74, 6) is 0.747. The molecule has 3 heteroatoms. The maximum atomic E-state index is 11.9. The molecule has 18 heavy (non-hydrogen) atoms. The molecule has 1 rings (SSSR count). The average Bonchev–Trinajstić information content (AvgIpc) is 2.34. The lowest BCUT2D eigenvalue weighted by Crippen LogP contribution is -2.56. The fourth-order valence-corrected chi connectivity index (χ4v) is 3.06. The highest BCUT2D eigenvalue weighted by molar-refractivity contribution is 5.74. The van der Waals surface area contributed by atoms with E-state index < -0.39 is 0 Å². The fourth-order valence-electron chi connectivity index (χ4n) is 3.06. The predicted octanol–water partition coefficient (Wildman–Crippen LogP) is 3.09. The number of carbonyl (C=O) groups excluding carboxylic acids is 1. The van der Waals surface area contributed by atoms with E-state index >= 15 is 0 Å². The van der Waals surface area contributed by atoms with Crippen molar-refractivity contribution in [3.05, 3.63) is 0 Å². The molecule has 1 fully saturated rings. The fraction of sp³-hybridized carbons (Fsp3) is 0.933. The average molecular weight is 255 g/mol. The molecular formula is C15H29NO2. The molecule has 0 saturated heterocycles. The molecule has 0 aromatic rings. The van der Waals surface area contributed by atoms with E-state index in [9.17, 15) is 4.79 Å². The van der Waals surface area contributed by atoms with Gasteiger partial charge < -0.3 is 4.74 Å². The molecular weight excluding hydrogens is 226 g/mol. The van der Waals surface area contributed by atoms with Gasteiger partial charge in [-0.05, 0) is 38.8 Å². The SMILES string of the molecule is CCCCCN(CC)C1C(C)CC1C(=O)OCC. The van der Waals surface area contributed by atoms with Crippen LogP contribution in [0.5, 0.6) is 0 Å². The number of hydrogen-bond donors (Lipinski definition) is 0. The molecule has 0 N–H and O–H groups in total. The van der Waals surface area contributed by atoms with Crippen molar-refractivity contribution in [2.75, 3.05) is 19.7 Å². The van der Waals surface area contributed by atoms with Crippen molar-refractivity contribution in [1.29, 1.82) is 0 Å². The van der Waals surface area contributed by atoms with Crippen molar-refractivity contribution in [3.63, 3.8) is 0 Å². The second-order valence-electron chi connectivity index (χ2n) is 5.40. The number of rotatable bonds is 8. The molecule has 0 aliphatic heterocycles. The molecule has 3 unspecified atom stereocenters. The van der Waals surface area contributed by atoms with E-state index in [4.69, 9.17) is 4.74 Å². The molecule has 0 spiro atoms. The minimum absolute atomic E-state index is 0.00883. The van der Waals surface area contributed by atoms with Crippen molar-refractivity contribution in [2.45, 2.75) is 59.4 Å². The van der Waals surface area contributed by atoms with Crippen LogP contribution in [0, 0.1) is 11.8 Å². The lowest BCUT2D eigenvalue weighted by Gasteiger charge is -2.47. The molecule has 0 bridgehead atoms. The van der Waals surface area contributed by atoms with Gasteiger partial charge in [0.15, 0.2) is 0 Å². The monoisotopic (exact) mass is 255 g/mol. The van der Waals surface area contributed by atoms with Gasteiger partial charge in [0.05, 0.1) is 12.5 Å². The van der Waals surface area contributed by atoms with E-state index in [1.54, 1.807) is 0 Å². The van der Waals surface area contributed by atoms with Gasteiger partial charge in [-0.1, -0.05) is 33.6 Å². The number of unbranched alkanes of at least 4 members (excludes halogenated alkanes) is 2. The van der Waals surface area contributed by atoms with Gasteiger partial charge in [0.25, 0.3) is 0 Å². The Morgan fingerprint density at radius 1 is 1.28 bits per heavy atom. The molecule has 1 aliphatic carbocycles. The molecule has 0 amide bonds. The molecule has 0 aromatic heterocycles. The molecule has 1 aliphatic rings. The second kappa shape index (κ2) is 7.78. The second-order valence-corrected chi connectivity index (χ2v) is 5.40. The van der Waals surface area contributed by atoms with Crippen LogP contribution in [0.15, 0.2) is 0 Å². The summed E-state index contributed by atoms with van der Waals surface area (Å²) >= 11 is 0. The van der Waals surface area contributed by atoms with E-state index in [2.05, 4.69) is 25.7 Å². The van der Waals surface area contributed by atoms with Crippen molar-refractivity contribution in [2.24, 2.45) is 11.8 Å². The van der Waals surface area contributed by atoms with Gasteiger partial charge in [0.2, 0.25) is 0 Å². The van der Waals surface area contributed by atoms with E-state index in [1.807, 2.05) is 6.92 Å². The number of nitrogens with zero attached hydrogens (tertiary/aromatic N) is 1. The highest BCUT2D eigenvalue weighted by atomic mass is 16.5. The van der Waals surface area contributed by atoms with Crippen LogP contribution in [0.2, 0.25) is 0 Å². The first-order chi connectivity index (χ1) is 8.65. The van der Waals surface area contributed by atoms with Crippen molar-refractivity contribution in [3.8, 4) is 0 Å². The Bertz CT molecular complexity index is 255. The number of hydrogen-bond acceptors (Lipinski definition) is 3. The van der Waals surface area contributed by atoms with Gasteiger partial charge in [-0.15, -0.1) is 0 Å². The highest BCUT2D eigenvalue weighted by Crippen LogP contribution is 2.38. The van der Waals surface area contributed by atoms with Gasteiger partial charge in [-0.25, -0.2) is 0 Å². The quantitative estimate of drug-likeness (QED) is 0.493. The summed E-state index contributed by atoms with van der Waals surface area (Å²) in [6.45, 7) is 11.2. The molecule has 3 atom stereocenters. The summed E-state index contributed by atoms with van der Waals surface area (Å²) < 4.78 is 5.18. The third-order valence-corrected chi connectivity index (χ3v) is 4.09. The summed E-state index contributed by atoms with van der Waals surface area (Å²) in [5, 5.41) is 0. The van der Waals surface area contributed by atoms with Crippen LogP contribution < -0.4 is 0 Å². The van der Waals surface area contributed by atoms with Crippen LogP contribution in [0.25, 0.3) is 0 Å². The van der Waals surface area contributed by atoms with Gasteiger partial charge in [-0.2, -0.15) is 0 Å². The van der Waals surface area contributed by atoms with Crippen molar-refractivity contribution < 1.29 is 9.53 Å². The maximum absolute atomic E-state index is 11.9. The Hall–Kier alpha value is -0.570. The maximum Gasteiger partial charge on any atom is 0.310 e. The summed E-state index contributed by atoms with van der Waals surface area (Å²) in [6.07, 6.45) is 4.76. The number of carbonyl (C=O) groups is 1. The summed E-state index contributed by atoms with van der Waals surface area (Å²) in [7, 11) is 0. The summed E-state index contributed by atoms with van der Waals surface area (Å²) in [6, 6.07) is 0.408. The molecule has 0 radical (unpaired) electrons. The van der Waals surface area contributed by atoms with E-state index in [0.717, 1.165) is 19.5 Å². The third kappa shape index (κ3) is 3.71. The van der Waals surface area contributed by atoms with Crippen molar-refractivity contribution >= 4 is 5.97 Å². The van der Waals surface area contributed by atoms with Gasteiger partial charge >= 0.3 is 5.97 Å². The summed E-state index contributed by atoms with van der Waals surface area (Å²) in [5.41, 5.74) is 0. The molecule has 0 heterocycles. The van der Waals surface area contributed by atoms with Gasteiger partial charge in [0, 0.05) is 6.04 Å².